The molecular formula is C18H19N5O4S. The van der Waals surface area contributed by atoms with Gasteiger partial charge in [-0.1, -0.05) is 12.2 Å². The Balaban J connectivity index is 1.47. The lowest BCUT2D eigenvalue weighted by molar-refractivity contribution is -0.136. The monoisotopic (exact) mass is 401 g/mol. The summed E-state index contributed by atoms with van der Waals surface area (Å²) in [5.74, 6) is -1.05. The van der Waals surface area contributed by atoms with Crippen molar-refractivity contribution in [2.45, 2.75) is 38.5 Å². The van der Waals surface area contributed by atoms with Gasteiger partial charge in [0.05, 0.1) is 24.5 Å². The summed E-state index contributed by atoms with van der Waals surface area (Å²) in [5, 5.41) is 8.74. The average molecular weight is 401 g/mol. The second-order valence-corrected chi connectivity index (χ2v) is 8.60. The molecule has 1 N–H and O–H groups in total. The van der Waals surface area contributed by atoms with Crippen LogP contribution in [0.15, 0.2) is 22.3 Å². The summed E-state index contributed by atoms with van der Waals surface area (Å²) < 4.78 is 7.54. The molecule has 2 bridgehead atoms. The van der Waals surface area contributed by atoms with Crippen molar-refractivity contribution >= 4 is 33.9 Å². The molecule has 2 aromatic rings. The van der Waals surface area contributed by atoms with E-state index in [0.29, 0.717) is 17.3 Å². The predicted octanol–water partition coefficient (Wildman–Crippen LogP) is 0.588. The molecule has 0 unspecified atom stereocenters. The van der Waals surface area contributed by atoms with Crippen LogP contribution < -0.4 is 10.9 Å². The van der Waals surface area contributed by atoms with Crippen molar-refractivity contribution in [2.24, 2.45) is 11.8 Å². The zero-order chi connectivity index (χ0) is 19.8. The minimum Gasteiger partial charge on any atom is -0.360 e. The number of nitrogens with zero attached hydrogens (tertiary/aromatic N) is 4. The summed E-state index contributed by atoms with van der Waals surface area (Å²) in [6.45, 7) is 5.96. The first-order valence-corrected chi connectivity index (χ1v) is 10.0. The third kappa shape index (κ3) is 2.24. The van der Waals surface area contributed by atoms with Crippen molar-refractivity contribution in [3.63, 3.8) is 0 Å². The maximum absolute atomic E-state index is 13.1. The molecule has 10 heteroatoms. The fraction of sp³-hybridized carbons (Fsp3) is 0.500. The lowest BCUT2D eigenvalue weighted by atomic mass is 9.77. The lowest BCUT2D eigenvalue weighted by Gasteiger charge is -2.24. The molecule has 5 heterocycles. The van der Waals surface area contributed by atoms with E-state index in [1.807, 2.05) is 26.0 Å². The van der Waals surface area contributed by atoms with Crippen LogP contribution in [-0.4, -0.2) is 55.6 Å². The van der Waals surface area contributed by atoms with Gasteiger partial charge >= 0.3 is 0 Å². The molecule has 0 radical (unpaired) electrons. The van der Waals surface area contributed by atoms with E-state index in [0.717, 1.165) is 0 Å². The Morgan fingerprint density at radius 1 is 1.43 bits per heavy atom. The van der Waals surface area contributed by atoms with Crippen LogP contribution in [0.1, 0.15) is 19.5 Å². The van der Waals surface area contributed by atoms with E-state index in [9.17, 15) is 14.4 Å². The molecule has 3 aliphatic rings. The molecule has 0 saturated carbocycles. The van der Waals surface area contributed by atoms with Crippen LogP contribution in [0.4, 0.5) is 5.82 Å². The minimum absolute atomic E-state index is 0.0446. The number of hydrogen-bond donors (Lipinski definition) is 1. The number of rotatable bonds is 3. The van der Waals surface area contributed by atoms with Gasteiger partial charge in [-0.05, 0) is 20.8 Å². The highest BCUT2D eigenvalue weighted by Gasteiger charge is 2.67. The number of aryl methyl sites for hydroxylation is 1. The molecule has 2 fully saturated rings. The topological polar surface area (TPSA) is 106 Å². The first-order valence-electron chi connectivity index (χ1n) is 9.14. The van der Waals surface area contributed by atoms with E-state index in [4.69, 9.17) is 4.74 Å². The number of thiazole rings is 1. The van der Waals surface area contributed by atoms with Crippen LogP contribution in [-0.2, 0) is 14.3 Å². The molecule has 4 atom stereocenters. The van der Waals surface area contributed by atoms with Crippen LogP contribution in [0.2, 0.25) is 0 Å². The zero-order valence-electron chi connectivity index (χ0n) is 15.6. The quantitative estimate of drug-likeness (QED) is 0.755. The highest BCUT2D eigenvalue weighted by atomic mass is 32.1. The number of hydrogen-bond acceptors (Lipinski definition) is 7. The summed E-state index contributed by atoms with van der Waals surface area (Å²) >= 11 is 1.21. The molecule has 28 heavy (non-hydrogen) atoms. The second kappa shape index (κ2) is 5.71. The van der Waals surface area contributed by atoms with Crippen molar-refractivity contribution in [1.82, 2.24) is 19.5 Å². The maximum atomic E-state index is 13.1. The molecular weight excluding hydrogens is 382 g/mol. The Hall–Kier alpha value is -2.59. The van der Waals surface area contributed by atoms with Crippen molar-refractivity contribution in [3.8, 4) is 0 Å². The van der Waals surface area contributed by atoms with E-state index >= 15 is 0 Å². The number of ether oxygens (including phenoxy) is 1. The van der Waals surface area contributed by atoms with Gasteiger partial charge in [-0.3, -0.25) is 14.4 Å². The van der Waals surface area contributed by atoms with Gasteiger partial charge in [-0.15, -0.1) is 11.3 Å². The zero-order valence-corrected chi connectivity index (χ0v) is 16.4. The molecule has 2 aromatic heterocycles. The van der Waals surface area contributed by atoms with Gasteiger partial charge < -0.3 is 15.0 Å². The fourth-order valence-corrected chi connectivity index (χ4v) is 5.15. The van der Waals surface area contributed by atoms with Gasteiger partial charge in [0.25, 0.3) is 5.56 Å². The number of aromatic nitrogens is 3. The SMILES string of the molecule is Cc1nn2c(NC(=O)[C@H]3[C@@H]4C=C[C@@]5(CN(C(C)C)C(=O)[C@@H]35)O4)csc2nc1=O. The van der Waals surface area contributed by atoms with Gasteiger partial charge in [-0.2, -0.15) is 14.6 Å². The summed E-state index contributed by atoms with van der Waals surface area (Å²) in [7, 11) is 0. The van der Waals surface area contributed by atoms with Crippen LogP contribution in [0.5, 0.6) is 0 Å². The predicted molar refractivity (Wildman–Crippen MR) is 101 cm³/mol. The number of carbonyl (C=O) groups is 2. The normalized spacial score (nSPS) is 30.6. The smallest absolute Gasteiger partial charge is 0.295 e. The third-order valence-corrected chi connectivity index (χ3v) is 6.57. The number of likely N-dealkylation sites (tertiary alicyclic amines) is 1. The summed E-state index contributed by atoms with van der Waals surface area (Å²) in [4.78, 5) is 43.9. The molecule has 1 spiro atoms. The Morgan fingerprint density at radius 2 is 2.21 bits per heavy atom. The molecule has 5 rings (SSSR count). The Morgan fingerprint density at radius 3 is 2.96 bits per heavy atom. The van der Waals surface area contributed by atoms with E-state index < -0.39 is 29.1 Å². The highest BCUT2D eigenvalue weighted by molar-refractivity contribution is 7.15. The van der Waals surface area contributed by atoms with Crippen LogP contribution in [0, 0.1) is 18.8 Å². The van der Waals surface area contributed by atoms with E-state index in [-0.39, 0.29) is 23.6 Å². The molecule has 2 saturated heterocycles. The van der Waals surface area contributed by atoms with Crippen molar-refractivity contribution < 1.29 is 14.3 Å². The number of anilines is 1. The minimum atomic E-state index is -0.717. The van der Waals surface area contributed by atoms with E-state index in [1.54, 1.807) is 17.2 Å². The van der Waals surface area contributed by atoms with Gasteiger partial charge in [0, 0.05) is 11.4 Å². The molecule has 3 aliphatic heterocycles. The van der Waals surface area contributed by atoms with Gasteiger partial charge in [0.1, 0.15) is 17.1 Å². The van der Waals surface area contributed by atoms with Crippen LogP contribution >= 0.6 is 11.3 Å². The molecule has 9 nitrogen and oxygen atoms in total. The van der Waals surface area contributed by atoms with Crippen LogP contribution in [0.25, 0.3) is 4.96 Å². The van der Waals surface area contributed by atoms with E-state index in [1.165, 1.54) is 15.9 Å². The summed E-state index contributed by atoms with van der Waals surface area (Å²) in [6.07, 6.45) is 3.40. The van der Waals surface area contributed by atoms with E-state index in [2.05, 4.69) is 15.4 Å². The number of fused-ring (bicyclic) bond motifs is 2. The summed E-state index contributed by atoms with van der Waals surface area (Å²) in [6, 6.07) is 0.0446. The molecule has 0 aromatic carbocycles. The van der Waals surface area contributed by atoms with Gasteiger partial charge in [0.15, 0.2) is 0 Å². The van der Waals surface area contributed by atoms with Gasteiger partial charge in [-0.25, -0.2) is 0 Å². The molecule has 2 amide bonds. The van der Waals surface area contributed by atoms with Crippen molar-refractivity contribution in [1.29, 1.82) is 0 Å². The largest absolute Gasteiger partial charge is 0.360 e. The Kier molecular flexibility index (Phi) is 3.57. The highest BCUT2D eigenvalue weighted by Crippen LogP contribution is 2.52. The van der Waals surface area contributed by atoms with Crippen molar-refractivity contribution in [3.05, 3.63) is 33.6 Å². The summed E-state index contributed by atoms with van der Waals surface area (Å²) in [5.41, 5.74) is -0.861. The standard InChI is InChI=1S/C18H19N5O4S/c1-8(2)22-7-18-5-4-10(27-18)12(13(18)16(22)26)15(25)19-11-6-28-17-20-14(24)9(3)21-23(11)17/h4-6,8,10,12-13H,7H2,1-3H3,(H,19,25)/t10-,12-,13+,18-/m0/s1. The molecule has 0 aliphatic carbocycles. The maximum Gasteiger partial charge on any atom is 0.295 e. The number of amides is 2. The number of nitrogens with one attached hydrogen (secondary N) is 1. The average Bonchev–Trinajstić information content (AvgIpc) is 3.37. The fourth-order valence-electron chi connectivity index (χ4n) is 4.40. The van der Waals surface area contributed by atoms with Crippen LogP contribution in [0.3, 0.4) is 0 Å². The lowest BCUT2D eigenvalue weighted by Crippen LogP contribution is -2.42. The van der Waals surface area contributed by atoms with Gasteiger partial charge in [0.2, 0.25) is 16.8 Å². The van der Waals surface area contributed by atoms with Crippen molar-refractivity contribution in [2.75, 3.05) is 11.9 Å². The second-order valence-electron chi connectivity index (χ2n) is 7.77. The first-order chi connectivity index (χ1) is 13.3. The molecule has 146 valence electrons. The Bertz CT molecular complexity index is 1110. The number of carbonyl (C=O) groups excluding carboxylic acids is 2. The third-order valence-electron chi connectivity index (χ3n) is 5.75. The Labute approximate surface area is 164 Å². The first kappa shape index (κ1) is 17.5.